The molecule has 0 saturated heterocycles. The molecular weight excluding hydrogens is 344 g/mol. The lowest BCUT2D eigenvalue weighted by Gasteiger charge is -2.04. The van der Waals surface area contributed by atoms with Crippen molar-refractivity contribution in [3.05, 3.63) is 63.1 Å². The summed E-state index contributed by atoms with van der Waals surface area (Å²) in [4.78, 5) is 11.8. The Morgan fingerprint density at radius 1 is 1.23 bits per heavy atom. The van der Waals surface area contributed by atoms with E-state index in [2.05, 4.69) is 26.5 Å². The molecule has 4 nitrogen and oxygen atoms in total. The molecule has 2 aromatic rings. The maximum Gasteiger partial charge on any atom is 0.244 e. The maximum absolute atomic E-state index is 11.8. The molecule has 0 aliphatic carbocycles. The predicted octanol–water partition coefficient (Wildman–Crippen LogP) is 3.46. The first kappa shape index (κ1) is 16.2. The van der Waals surface area contributed by atoms with Gasteiger partial charge < -0.3 is 5.11 Å². The van der Waals surface area contributed by atoms with Gasteiger partial charge in [-0.2, -0.15) is 5.10 Å². The van der Waals surface area contributed by atoms with E-state index in [0.29, 0.717) is 4.47 Å². The van der Waals surface area contributed by atoms with Crippen molar-refractivity contribution in [3.8, 4) is 5.75 Å². The van der Waals surface area contributed by atoms with Gasteiger partial charge in [0.2, 0.25) is 5.91 Å². The Morgan fingerprint density at radius 3 is 2.68 bits per heavy atom. The molecule has 2 rings (SSSR count). The van der Waals surface area contributed by atoms with Crippen molar-refractivity contribution in [2.24, 2.45) is 5.10 Å². The number of aromatic hydroxyl groups is 1. The summed E-state index contributed by atoms with van der Waals surface area (Å²) >= 11 is 3.22. The third-order valence-corrected chi connectivity index (χ3v) is 3.95. The summed E-state index contributed by atoms with van der Waals surface area (Å²) in [6.45, 7) is 4.07. The van der Waals surface area contributed by atoms with Crippen LogP contribution in [0.25, 0.3) is 0 Å². The SMILES string of the molecule is Cc1ccc(CC(=O)N/N=C\c2ccc(O)c(Br)c2)cc1C. The molecule has 0 heterocycles. The molecule has 0 aromatic heterocycles. The third-order valence-electron chi connectivity index (χ3n) is 3.31. The van der Waals surface area contributed by atoms with Gasteiger partial charge in [-0.1, -0.05) is 18.2 Å². The van der Waals surface area contributed by atoms with E-state index in [0.717, 1.165) is 11.1 Å². The number of amides is 1. The summed E-state index contributed by atoms with van der Waals surface area (Å²) in [5.74, 6) is -0.00623. The quantitative estimate of drug-likeness (QED) is 0.647. The van der Waals surface area contributed by atoms with Crippen LogP contribution in [-0.2, 0) is 11.2 Å². The van der Waals surface area contributed by atoms with E-state index < -0.39 is 0 Å². The summed E-state index contributed by atoms with van der Waals surface area (Å²) in [5, 5.41) is 13.3. The number of nitrogens with one attached hydrogen (secondary N) is 1. The van der Waals surface area contributed by atoms with Gasteiger partial charge in [-0.3, -0.25) is 4.79 Å². The van der Waals surface area contributed by atoms with Crippen molar-refractivity contribution >= 4 is 28.1 Å². The summed E-state index contributed by atoms with van der Waals surface area (Å²) in [6.07, 6.45) is 1.82. The van der Waals surface area contributed by atoms with E-state index >= 15 is 0 Å². The first-order valence-corrected chi connectivity index (χ1v) is 7.61. The lowest BCUT2D eigenvalue weighted by atomic mass is 10.0. The first-order valence-electron chi connectivity index (χ1n) is 6.82. The van der Waals surface area contributed by atoms with E-state index in [4.69, 9.17) is 0 Å². The number of carbonyl (C=O) groups is 1. The number of nitrogens with zero attached hydrogens (tertiary/aromatic N) is 1. The smallest absolute Gasteiger partial charge is 0.244 e. The number of rotatable bonds is 4. The van der Waals surface area contributed by atoms with E-state index in [1.807, 2.05) is 32.0 Å². The monoisotopic (exact) mass is 360 g/mol. The average Bonchev–Trinajstić information content (AvgIpc) is 2.47. The number of hydrazone groups is 1. The highest BCUT2D eigenvalue weighted by atomic mass is 79.9. The highest BCUT2D eigenvalue weighted by molar-refractivity contribution is 9.10. The van der Waals surface area contributed by atoms with Gasteiger partial charge >= 0.3 is 0 Å². The zero-order valence-electron chi connectivity index (χ0n) is 12.4. The second-order valence-electron chi connectivity index (χ2n) is 5.10. The van der Waals surface area contributed by atoms with Crippen LogP contribution in [0.1, 0.15) is 22.3 Å². The Kier molecular flexibility index (Phi) is 5.33. The van der Waals surface area contributed by atoms with Crippen LogP contribution in [0.15, 0.2) is 46.0 Å². The van der Waals surface area contributed by atoms with Crippen LogP contribution in [0.2, 0.25) is 0 Å². The van der Waals surface area contributed by atoms with Gasteiger partial charge in [-0.15, -0.1) is 0 Å². The normalized spacial score (nSPS) is 10.9. The lowest BCUT2D eigenvalue weighted by molar-refractivity contribution is -0.120. The molecule has 22 heavy (non-hydrogen) atoms. The van der Waals surface area contributed by atoms with E-state index in [1.54, 1.807) is 18.2 Å². The molecule has 2 aromatic carbocycles. The van der Waals surface area contributed by atoms with Crippen LogP contribution in [0.5, 0.6) is 5.75 Å². The zero-order valence-corrected chi connectivity index (χ0v) is 14.0. The standard InChI is InChI=1S/C17H17BrN2O2/c1-11-3-4-13(7-12(11)2)9-17(22)20-19-10-14-5-6-16(21)15(18)8-14/h3-8,10,21H,9H2,1-2H3,(H,20,22)/b19-10-. The molecule has 0 spiro atoms. The molecular formula is C17H17BrN2O2. The molecule has 2 N–H and O–H groups in total. The van der Waals surface area contributed by atoms with E-state index in [-0.39, 0.29) is 18.1 Å². The number of benzene rings is 2. The number of halogens is 1. The summed E-state index contributed by atoms with van der Waals surface area (Å²) in [6, 6.07) is 10.9. The van der Waals surface area contributed by atoms with Gasteiger partial charge in [0.05, 0.1) is 17.1 Å². The highest BCUT2D eigenvalue weighted by Gasteiger charge is 2.03. The molecule has 1 amide bonds. The van der Waals surface area contributed by atoms with E-state index in [9.17, 15) is 9.90 Å². The first-order chi connectivity index (χ1) is 10.5. The molecule has 0 saturated carbocycles. The van der Waals surface area contributed by atoms with Crippen LogP contribution in [-0.4, -0.2) is 17.2 Å². The number of aryl methyl sites for hydroxylation is 2. The van der Waals surface area contributed by atoms with Crippen LogP contribution in [0.4, 0.5) is 0 Å². The number of phenols is 1. The van der Waals surface area contributed by atoms with Gasteiger partial charge in [-0.25, -0.2) is 5.43 Å². The van der Waals surface area contributed by atoms with Crippen LogP contribution in [0, 0.1) is 13.8 Å². The van der Waals surface area contributed by atoms with Crippen molar-refractivity contribution in [2.45, 2.75) is 20.3 Å². The minimum absolute atomic E-state index is 0.163. The van der Waals surface area contributed by atoms with Crippen LogP contribution in [0.3, 0.4) is 0 Å². The highest BCUT2D eigenvalue weighted by Crippen LogP contribution is 2.23. The van der Waals surface area contributed by atoms with Gasteiger partial charge in [0, 0.05) is 0 Å². The molecule has 0 bridgehead atoms. The summed E-state index contributed by atoms with van der Waals surface area (Å²) in [5.41, 5.74) is 6.61. The second kappa shape index (κ2) is 7.22. The Hall–Kier alpha value is -2.14. The van der Waals surface area contributed by atoms with E-state index in [1.165, 1.54) is 17.3 Å². The average molecular weight is 361 g/mol. The van der Waals surface area contributed by atoms with Crippen LogP contribution >= 0.6 is 15.9 Å². The fraction of sp³-hybridized carbons (Fsp3) is 0.176. The Labute approximate surface area is 138 Å². The van der Waals surface area contributed by atoms with Gasteiger partial charge in [-0.05, 0) is 70.2 Å². The Bertz CT molecular complexity index is 727. The minimum atomic E-state index is -0.169. The van der Waals surface area contributed by atoms with Crippen molar-refractivity contribution in [2.75, 3.05) is 0 Å². The van der Waals surface area contributed by atoms with Gasteiger partial charge in [0.1, 0.15) is 5.75 Å². The number of carbonyl (C=O) groups excluding carboxylic acids is 1. The second-order valence-corrected chi connectivity index (χ2v) is 5.95. The fourth-order valence-corrected chi connectivity index (χ4v) is 2.32. The molecule has 0 aliphatic rings. The topological polar surface area (TPSA) is 61.7 Å². The molecule has 0 radical (unpaired) electrons. The molecule has 5 heteroatoms. The van der Waals surface area contributed by atoms with Crippen molar-refractivity contribution in [1.82, 2.24) is 5.43 Å². The fourth-order valence-electron chi connectivity index (χ4n) is 1.92. The molecule has 114 valence electrons. The Balaban J connectivity index is 1.93. The maximum atomic E-state index is 11.8. The minimum Gasteiger partial charge on any atom is -0.507 e. The molecule has 0 atom stereocenters. The largest absolute Gasteiger partial charge is 0.507 e. The lowest BCUT2D eigenvalue weighted by Crippen LogP contribution is -2.19. The predicted molar refractivity (Wildman–Crippen MR) is 91.2 cm³/mol. The summed E-state index contributed by atoms with van der Waals surface area (Å²) in [7, 11) is 0. The van der Waals surface area contributed by atoms with Gasteiger partial charge in [0.15, 0.2) is 0 Å². The van der Waals surface area contributed by atoms with Gasteiger partial charge in [0.25, 0.3) is 0 Å². The number of phenolic OH excluding ortho intramolecular Hbond substituents is 1. The number of hydrogen-bond acceptors (Lipinski definition) is 3. The van der Waals surface area contributed by atoms with Crippen LogP contribution < -0.4 is 5.43 Å². The third kappa shape index (κ3) is 4.43. The Morgan fingerprint density at radius 2 is 2.00 bits per heavy atom. The van der Waals surface area contributed by atoms with Crippen molar-refractivity contribution < 1.29 is 9.90 Å². The molecule has 0 unspecified atom stereocenters. The van der Waals surface area contributed by atoms with Crippen molar-refractivity contribution in [3.63, 3.8) is 0 Å². The zero-order chi connectivity index (χ0) is 16.1. The summed E-state index contributed by atoms with van der Waals surface area (Å²) < 4.78 is 0.581. The molecule has 0 fully saturated rings. The van der Waals surface area contributed by atoms with Crippen molar-refractivity contribution in [1.29, 1.82) is 0 Å². The number of hydrogen-bond donors (Lipinski definition) is 2. The molecule has 0 aliphatic heterocycles.